The van der Waals surface area contributed by atoms with Crippen LogP contribution in [0.3, 0.4) is 0 Å². The second-order valence-corrected chi connectivity index (χ2v) is 5.78. The molecule has 1 heterocycles. The van der Waals surface area contributed by atoms with Crippen LogP contribution < -0.4 is 9.47 Å². The second-order valence-electron chi connectivity index (χ2n) is 4.35. The molecule has 1 N–H and O–H groups in total. The molecule has 0 fully saturated rings. The highest BCUT2D eigenvalue weighted by atomic mass is 35.5. The van der Waals surface area contributed by atoms with Crippen LogP contribution in [0, 0.1) is 0 Å². The number of hydrogen-bond donors (Lipinski definition) is 1. The number of fused-ring (bicyclic) bond motifs is 1. The number of benzene rings is 2. The molecule has 0 amide bonds. The number of aliphatic carboxylic acids is 1. The van der Waals surface area contributed by atoms with E-state index in [9.17, 15) is 4.79 Å². The Morgan fingerprint density at radius 2 is 1.91 bits per heavy atom. The van der Waals surface area contributed by atoms with E-state index in [0.29, 0.717) is 21.7 Å². The summed E-state index contributed by atoms with van der Waals surface area (Å²) in [5, 5.41) is 9.71. The van der Waals surface area contributed by atoms with Gasteiger partial charge in [-0.15, -0.1) is 0 Å². The van der Waals surface area contributed by atoms with E-state index in [4.69, 9.17) is 26.2 Å². The number of halogens is 1. The Hall–Kier alpha value is -2.31. The Morgan fingerprint density at radius 1 is 1.18 bits per heavy atom. The molecule has 0 atom stereocenters. The molecule has 0 aliphatic carbocycles. The number of aromatic nitrogens is 1. The van der Waals surface area contributed by atoms with E-state index < -0.39 is 5.97 Å². The largest absolute Gasteiger partial charge is 0.482 e. The zero-order chi connectivity index (χ0) is 15.5. The summed E-state index contributed by atoms with van der Waals surface area (Å²) < 4.78 is 11.7. The number of carboxylic acid groups (broad SMARTS) is 1. The van der Waals surface area contributed by atoms with Crippen LogP contribution in [0.2, 0.25) is 5.02 Å². The minimum atomic E-state index is -1.02. The smallest absolute Gasteiger partial charge is 0.341 e. The Balaban J connectivity index is 1.72. The molecular weight excluding hydrogens is 326 g/mol. The summed E-state index contributed by atoms with van der Waals surface area (Å²) in [5.74, 6) is 0.0344. The van der Waals surface area contributed by atoms with Gasteiger partial charge >= 0.3 is 5.97 Å². The van der Waals surface area contributed by atoms with Gasteiger partial charge in [-0.2, -0.15) is 0 Å². The van der Waals surface area contributed by atoms with Crippen LogP contribution >= 0.6 is 22.9 Å². The topological polar surface area (TPSA) is 68.7 Å². The van der Waals surface area contributed by atoms with E-state index in [0.717, 1.165) is 10.2 Å². The first kappa shape index (κ1) is 14.6. The normalized spacial score (nSPS) is 10.6. The van der Waals surface area contributed by atoms with E-state index in [1.807, 2.05) is 12.1 Å². The predicted molar refractivity (Wildman–Crippen MR) is 84.3 cm³/mol. The van der Waals surface area contributed by atoms with Crippen molar-refractivity contribution in [3.8, 4) is 16.7 Å². The maximum atomic E-state index is 10.4. The molecule has 0 spiro atoms. The van der Waals surface area contributed by atoms with Crippen LogP contribution in [0.25, 0.3) is 10.2 Å². The lowest BCUT2D eigenvalue weighted by molar-refractivity contribution is -0.139. The number of rotatable bonds is 5. The van der Waals surface area contributed by atoms with Gasteiger partial charge in [-0.1, -0.05) is 22.9 Å². The van der Waals surface area contributed by atoms with E-state index >= 15 is 0 Å². The lowest BCUT2D eigenvalue weighted by Gasteiger charge is -2.04. The van der Waals surface area contributed by atoms with Crippen molar-refractivity contribution in [1.82, 2.24) is 4.98 Å². The van der Waals surface area contributed by atoms with Crippen molar-refractivity contribution >= 4 is 39.1 Å². The SMILES string of the molecule is O=C(O)COc1ccc(Oc2nc3ccc(Cl)cc3s2)cc1. The monoisotopic (exact) mass is 335 g/mol. The zero-order valence-electron chi connectivity index (χ0n) is 11.2. The zero-order valence-corrected chi connectivity index (χ0v) is 12.7. The third kappa shape index (κ3) is 3.47. The van der Waals surface area contributed by atoms with Crippen LogP contribution in [0.4, 0.5) is 0 Å². The molecular formula is C15H10ClNO4S. The fraction of sp³-hybridized carbons (Fsp3) is 0.0667. The number of carbonyl (C=O) groups is 1. The average molecular weight is 336 g/mol. The molecule has 0 saturated carbocycles. The molecule has 2 aromatic carbocycles. The third-order valence-corrected chi connectivity index (χ3v) is 3.85. The average Bonchev–Trinajstić information content (AvgIpc) is 2.87. The first-order valence-electron chi connectivity index (χ1n) is 6.29. The van der Waals surface area contributed by atoms with Crippen molar-refractivity contribution in [1.29, 1.82) is 0 Å². The van der Waals surface area contributed by atoms with Crippen molar-refractivity contribution in [2.24, 2.45) is 0 Å². The van der Waals surface area contributed by atoms with Gasteiger partial charge in [0.05, 0.1) is 10.2 Å². The summed E-state index contributed by atoms with van der Waals surface area (Å²) in [6, 6.07) is 12.1. The molecule has 112 valence electrons. The van der Waals surface area contributed by atoms with Crippen molar-refractivity contribution < 1.29 is 19.4 Å². The lowest BCUT2D eigenvalue weighted by Crippen LogP contribution is -2.09. The van der Waals surface area contributed by atoms with Gasteiger partial charge in [-0.3, -0.25) is 0 Å². The van der Waals surface area contributed by atoms with Crippen LogP contribution in [0.15, 0.2) is 42.5 Å². The van der Waals surface area contributed by atoms with Gasteiger partial charge < -0.3 is 14.6 Å². The molecule has 22 heavy (non-hydrogen) atoms. The van der Waals surface area contributed by atoms with Crippen molar-refractivity contribution in [2.45, 2.75) is 0 Å². The minimum absolute atomic E-state index is 0.376. The van der Waals surface area contributed by atoms with Gasteiger partial charge in [0, 0.05) is 5.02 Å². The Morgan fingerprint density at radius 3 is 2.64 bits per heavy atom. The van der Waals surface area contributed by atoms with Crippen molar-refractivity contribution in [3.05, 3.63) is 47.5 Å². The molecule has 1 aromatic heterocycles. The van der Waals surface area contributed by atoms with Crippen molar-refractivity contribution in [2.75, 3.05) is 6.61 Å². The van der Waals surface area contributed by atoms with Gasteiger partial charge in [0.15, 0.2) is 6.61 Å². The molecule has 0 aliphatic heterocycles. The van der Waals surface area contributed by atoms with Gasteiger partial charge in [-0.25, -0.2) is 9.78 Å². The summed E-state index contributed by atoms with van der Waals surface area (Å²) in [5.41, 5.74) is 0.825. The number of ether oxygens (including phenoxy) is 2. The Kier molecular flexibility index (Phi) is 4.13. The highest BCUT2D eigenvalue weighted by Crippen LogP contribution is 2.33. The highest BCUT2D eigenvalue weighted by molar-refractivity contribution is 7.20. The third-order valence-electron chi connectivity index (χ3n) is 2.72. The van der Waals surface area contributed by atoms with Crippen LogP contribution in [0.1, 0.15) is 0 Å². The maximum absolute atomic E-state index is 10.4. The van der Waals surface area contributed by atoms with Gasteiger partial charge in [0.1, 0.15) is 11.5 Å². The number of carboxylic acids is 1. The van der Waals surface area contributed by atoms with Crippen molar-refractivity contribution in [3.63, 3.8) is 0 Å². The van der Waals surface area contributed by atoms with Gasteiger partial charge in [0.25, 0.3) is 5.19 Å². The fourth-order valence-electron chi connectivity index (χ4n) is 1.77. The van der Waals surface area contributed by atoms with Gasteiger partial charge in [-0.05, 0) is 42.5 Å². The van der Waals surface area contributed by atoms with Crippen LogP contribution in [-0.4, -0.2) is 22.7 Å². The highest BCUT2D eigenvalue weighted by Gasteiger charge is 2.07. The number of nitrogens with zero attached hydrogens (tertiary/aromatic N) is 1. The van der Waals surface area contributed by atoms with Crippen LogP contribution in [-0.2, 0) is 4.79 Å². The van der Waals surface area contributed by atoms with Gasteiger partial charge in [0.2, 0.25) is 0 Å². The molecule has 7 heteroatoms. The quantitative estimate of drug-likeness (QED) is 0.756. The Bertz CT molecular complexity index is 816. The molecule has 5 nitrogen and oxygen atoms in total. The molecule has 0 radical (unpaired) electrons. The minimum Gasteiger partial charge on any atom is -0.482 e. The fourth-order valence-corrected chi connectivity index (χ4v) is 2.88. The first-order chi connectivity index (χ1) is 10.6. The Labute approximate surface area is 134 Å². The summed E-state index contributed by atoms with van der Waals surface area (Å²) in [6.07, 6.45) is 0. The summed E-state index contributed by atoms with van der Waals surface area (Å²) in [6.45, 7) is -0.376. The number of hydrogen-bond acceptors (Lipinski definition) is 5. The summed E-state index contributed by atoms with van der Waals surface area (Å²) >= 11 is 7.34. The molecule has 0 unspecified atom stereocenters. The molecule has 3 rings (SSSR count). The standard InChI is InChI=1S/C15H10ClNO4S/c16-9-1-6-12-13(7-9)22-15(17-12)21-11-4-2-10(3-5-11)20-8-14(18)19/h1-7H,8H2,(H,18,19). The van der Waals surface area contributed by atoms with E-state index in [-0.39, 0.29) is 6.61 Å². The molecule has 0 bridgehead atoms. The summed E-state index contributed by atoms with van der Waals surface area (Å²) in [7, 11) is 0. The first-order valence-corrected chi connectivity index (χ1v) is 7.48. The summed E-state index contributed by atoms with van der Waals surface area (Å²) in [4.78, 5) is 14.8. The molecule has 0 saturated heterocycles. The maximum Gasteiger partial charge on any atom is 0.341 e. The molecule has 3 aromatic rings. The van der Waals surface area contributed by atoms with Crippen LogP contribution in [0.5, 0.6) is 16.7 Å². The van der Waals surface area contributed by atoms with E-state index in [1.54, 1.807) is 30.3 Å². The lowest BCUT2D eigenvalue weighted by atomic mass is 10.3. The molecule has 0 aliphatic rings. The number of thiazole rings is 1. The predicted octanol–water partition coefficient (Wildman–Crippen LogP) is 4.21. The second kappa shape index (κ2) is 6.21. The van der Waals surface area contributed by atoms with E-state index in [1.165, 1.54) is 11.3 Å². The van der Waals surface area contributed by atoms with E-state index in [2.05, 4.69) is 4.98 Å².